The van der Waals surface area contributed by atoms with Crippen molar-refractivity contribution in [1.29, 1.82) is 0 Å². The lowest BCUT2D eigenvalue weighted by Gasteiger charge is -2.44. The second-order valence-electron chi connectivity index (χ2n) is 10.8. The van der Waals surface area contributed by atoms with Gasteiger partial charge in [0.2, 0.25) is 5.95 Å². The summed E-state index contributed by atoms with van der Waals surface area (Å²) >= 11 is 0. The molecule has 0 aliphatic heterocycles. The van der Waals surface area contributed by atoms with Crippen molar-refractivity contribution in [2.75, 3.05) is 11.1 Å². The van der Waals surface area contributed by atoms with Crippen molar-refractivity contribution in [3.05, 3.63) is 78.3 Å². The molecule has 7 nitrogen and oxygen atoms in total. The summed E-state index contributed by atoms with van der Waals surface area (Å²) in [6.07, 6.45) is 9.31. The van der Waals surface area contributed by atoms with Crippen molar-refractivity contribution in [2.45, 2.75) is 71.0 Å². The number of benzene rings is 1. The van der Waals surface area contributed by atoms with Crippen LogP contribution in [0, 0.1) is 5.82 Å². The summed E-state index contributed by atoms with van der Waals surface area (Å²) < 4.78 is 16.2. The van der Waals surface area contributed by atoms with E-state index in [4.69, 9.17) is 10.7 Å². The van der Waals surface area contributed by atoms with Gasteiger partial charge in [-0.15, -0.1) is 0 Å². The number of nitrogen functional groups attached to an aromatic ring is 1. The fraction of sp³-hybridized carbons (Fsp3) is 0.379. The summed E-state index contributed by atoms with van der Waals surface area (Å²) in [7, 11) is -1.95. The van der Waals surface area contributed by atoms with E-state index < -0.39 is 8.24 Å². The Bertz CT molecular complexity index is 1350. The van der Waals surface area contributed by atoms with E-state index in [1.165, 1.54) is 12.1 Å². The average Bonchev–Trinajstić information content (AvgIpc) is 3.34. The van der Waals surface area contributed by atoms with Gasteiger partial charge in [-0.25, -0.2) is 14.4 Å². The van der Waals surface area contributed by atoms with E-state index in [0.29, 0.717) is 28.3 Å². The third-order valence-electron chi connectivity index (χ3n) is 7.76. The number of rotatable bonds is 9. The maximum atomic E-state index is 13.8. The normalized spacial score (nSPS) is 12.9. The Kier molecular flexibility index (Phi) is 7.96. The first-order chi connectivity index (χ1) is 18.0. The molecule has 1 atom stereocenters. The molecule has 3 heterocycles. The van der Waals surface area contributed by atoms with Crippen LogP contribution in [0.25, 0.3) is 11.3 Å². The third kappa shape index (κ3) is 5.07. The van der Waals surface area contributed by atoms with E-state index in [1.54, 1.807) is 30.7 Å². The number of halogens is 1. The SMILES string of the molecule is CC(c1ccc(F)cc1)c1c(Nc2cnccn2)nc(N)nc1-c1ccn([Si](C(C)C)(C(C)C)C(C)C)c1. The van der Waals surface area contributed by atoms with Gasteiger partial charge in [0.1, 0.15) is 17.5 Å². The summed E-state index contributed by atoms with van der Waals surface area (Å²) in [5.41, 5.74) is 11.4. The number of hydrogen-bond acceptors (Lipinski definition) is 6. The highest BCUT2D eigenvalue weighted by Gasteiger charge is 2.45. The van der Waals surface area contributed by atoms with Gasteiger partial charge in [-0.3, -0.25) is 4.98 Å². The Balaban J connectivity index is 1.92. The zero-order chi connectivity index (χ0) is 27.6. The number of anilines is 3. The minimum atomic E-state index is -1.95. The molecule has 0 bridgehead atoms. The summed E-state index contributed by atoms with van der Waals surface area (Å²) in [6, 6.07) is 8.68. The van der Waals surface area contributed by atoms with Gasteiger partial charge < -0.3 is 15.3 Å². The molecule has 3 aromatic heterocycles. The molecule has 1 aromatic carbocycles. The molecule has 0 radical (unpaired) electrons. The lowest BCUT2D eigenvalue weighted by Crippen LogP contribution is -2.51. The van der Waals surface area contributed by atoms with Gasteiger partial charge in [0.15, 0.2) is 8.24 Å². The highest BCUT2D eigenvalue weighted by molar-refractivity contribution is 6.82. The Morgan fingerprint density at radius 3 is 2.13 bits per heavy atom. The van der Waals surface area contributed by atoms with Crippen molar-refractivity contribution in [3.8, 4) is 11.3 Å². The first kappa shape index (κ1) is 27.4. The van der Waals surface area contributed by atoms with E-state index in [2.05, 4.69) is 91.4 Å². The Hall–Kier alpha value is -3.59. The van der Waals surface area contributed by atoms with E-state index >= 15 is 0 Å². The number of aromatic nitrogens is 5. The maximum Gasteiger partial charge on any atom is 0.222 e. The number of nitrogens with two attached hydrogens (primary N) is 1. The van der Waals surface area contributed by atoms with E-state index in [9.17, 15) is 4.39 Å². The molecule has 200 valence electrons. The molecule has 0 aliphatic carbocycles. The molecule has 9 heteroatoms. The lowest BCUT2D eigenvalue weighted by atomic mass is 9.90. The van der Waals surface area contributed by atoms with Gasteiger partial charge in [0.25, 0.3) is 0 Å². The molecule has 0 saturated carbocycles. The molecule has 1 unspecified atom stereocenters. The number of hydrogen-bond donors (Lipinski definition) is 2. The molecule has 0 spiro atoms. The number of nitrogens with zero attached hydrogens (tertiary/aromatic N) is 5. The average molecular weight is 532 g/mol. The standard InChI is InChI=1S/C29H38FN7Si/c1-18(2)38(19(3)4,20(5)6)37-15-12-23(17-37)27-26(21(7)22-8-10-24(30)11-9-22)28(36-29(31)35-27)34-25-16-32-13-14-33-25/h8-21H,1-7H3,(H3,31,33,34,35,36). The quantitative estimate of drug-likeness (QED) is 0.219. The monoisotopic (exact) mass is 531 g/mol. The molecule has 0 aliphatic rings. The molecule has 4 rings (SSSR count). The molecular weight excluding hydrogens is 493 g/mol. The maximum absolute atomic E-state index is 13.8. The second kappa shape index (κ2) is 11.0. The van der Waals surface area contributed by atoms with Crippen molar-refractivity contribution < 1.29 is 4.39 Å². The van der Waals surface area contributed by atoms with Crippen LogP contribution in [0.2, 0.25) is 16.6 Å². The molecule has 0 saturated heterocycles. The highest BCUT2D eigenvalue weighted by atomic mass is 28.3. The third-order valence-corrected chi connectivity index (χ3v) is 14.5. The minimum absolute atomic E-state index is 0.156. The molecule has 0 fully saturated rings. The summed E-state index contributed by atoms with van der Waals surface area (Å²) in [5.74, 6) is 0.831. The van der Waals surface area contributed by atoms with Crippen LogP contribution in [0.1, 0.15) is 65.5 Å². The number of nitrogens with one attached hydrogen (secondary N) is 1. The van der Waals surface area contributed by atoms with E-state index in [1.807, 2.05) is 0 Å². The molecule has 0 amide bonds. The van der Waals surface area contributed by atoms with Gasteiger partial charge in [0.05, 0.1) is 11.9 Å². The molecular formula is C29H38FN7Si. The smallest absolute Gasteiger partial charge is 0.222 e. The van der Waals surface area contributed by atoms with Gasteiger partial charge in [-0.1, -0.05) is 60.6 Å². The predicted octanol–water partition coefficient (Wildman–Crippen LogP) is 7.38. The topological polar surface area (TPSA) is 94.5 Å². The van der Waals surface area contributed by atoms with Crippen LogP contribution >= 0.6 is 0 Å². The van der Waals surface area contributed by atoms with Gasteiger partial charge in [-0.05, 0) is 46.6 Å². The second-order valence-corrected chi connectivity index (χ2v) is 16.6. The summed E-state index contributed by atoms with van der Waals surface area (Å²) in [6.45, 7) is 16.1. The Labute approximate surface area is 225 Å². The zero-order valence-electron chi connectivity index (χ0n) is 23.3. The van der Waals surface area contributed by atoms with Crippen molar-refractivity contribution >= 4 is 25.8 Å². The van der Waals surface area contributed by atoms with Crippen molar-refractivity contribution in [1.82, 2.24) is 24.2 Å². The zero-order valence-corrected chi connectivity index (χ0v) is 24.3. The molecule has 38 heavy (non-hydrogen) atoms. The summed E-state index contributed by atoms with van der Waals surface area (Å²) in [5, 5.41) is 3.30. The predicted molar refractivity (Wildman–Crippen MR) is 156 cm³/mol. The Morgan fingerprint density at radius 2 is 1.55 bits per heavy atom. The van der Waals surface area contributed by atoms with Crippen LogP contribution in [0.3, 0.4) is 0 Å². The van der Waals surface area contributed by atoms with E-state index in [-0.39, 0.29) is 17.7 Å². The summed E-state index contributed by atoms with van der Waals surface area (Å²) in [4.78, 5) is 17.9. The fourth-order valence-corrected chi connectivity index (χ4v) is 12.8. The largest absolute Gasteiger partial charge is 0.379 e. The van der Waals surface area contributed by atoms with Crippen LogP contribution in [0.5, 0.6) is 0 Å². The molecule has 4 aromatic rings. The van der Waals surface area contributed by atoms with Gasteiger partial charge in [0, 0.05) is 35.6 Å². The Morgan fingerprint density at radius 1 is 0.895 bits per heavy atom. The van der Waals surface area contributed by atoms with Crippen molar-refractivity contribution in [2.24, 2.45) is 0 Å². The van der Waals surface area contributed by atoms with Crippen LogP contribution in [0.4, 0.5) is 22.0 Å². The first-order valence-electron chi connectivity index (χ1n) is 13.2. The van der Waals surface area contributed by atoms with Crippen LogP contribution in [-0.4, -0.2) is 32.4 Å². The first-order valence-corrected chi connectivity index (χ1v) is 15.4. The van der Waals surface area contributed by atoms with Crippen LogP contribution in [-0.2, 0) is 0 Å². The fourth-order valence-electron chi connectivity index (χ4n) is 6.29. The van der Waals surface area contributed by atoms with Crippen LogP contribution in [0.15, 0.2) is 61.3 Å². The lowest BCUT2D eigenvalue weighted by molar-refractivity contribution is 0.626. The van der Waals surface area contributed by atoms with Crippen LogP contribution < -0.4 is 11.1 Å². The van der Waals surface area contributed by atoms with E-state index in [0.717, 1.165) is 22.4 Å². The van der Waals surface area contributed by atoms with Gasteiger partial charge in [-0.2, -0.15) is 4.98 Å². The minimum Gasteiger partial charge on any atom is -0.379 e. The van der Waals surface area contributed by atoms with Gasteiger partial charge >= 0.3 is 0 Å². The molecule has 3 N–H and O–H groups in total. The highest BCUT2D eigenvalue weighted by Crippen LogP contribution is 2.44. The van der Waals surface area contributed by atoms with Crippen molar-refractivity contribution in [3.63, 3.8) is 0 Å².